The maximum absolute atomic E-state index is 13.1. The van der Waals surface area contributed by atoms with Gasteiger partial charge in [-0.25, -0.2) is 9.18 Å². The molecule has 2 aromatic rings. The fourth-order valence-electron chi connectivity index (χ4n) is 2.06. The van der Waals surface area contributed by atoms with Crippen molar-refractivity contribution in [1.82, 2.24) is 4.57 Å². The zero-order chi connectivity index (χ0) is 16.3. The second-order valence-electron chi connectivity index (χ2n) is 4.79. The van der Waals surface area contributed by atoms with E-state index in [0.717, 1.165) is 11.1 Å². The van der Waals surface area contributed by atoms with Crippen LogP contribution in [-0.4, -0.2) is 26.5 Å². The number of aromatic nitrogens is 1. The van der Waals surface area contributed by atoms with Crippen LogP contribution in [0, 0.1) is 12.7 Å². The number of rotatable bonds is 5. The zero-order valence-electron chi connectivity index (χ0n) is 11.8. The van der Waals surface area contributed by atoms with Gasteiger partial charge in [-0.2, -0.15) is 0 Å². The molecule has 2 N–H and O–H groups in total. The van der Waals surface area contributed by atoms with Crippen molar-refractivity contribution < 1.29 is 24.2 Å². The molecular formula is C16H14FNO4. The van der Waals surface area contributed by atoms with Gasteiger partial charge in [0.2, 0.25) is 11.5 Å². The molecule has 0 atom stereocenters. The third-order valence-corrected chi connectivity index (χ3v) is 3.21. The van der Waals surface area contributed by atoms with Crippen LogP contribution >= 0.6 is 0 Å². The van der Waals surface area contributed by atoms with Gasteiger partial charge in [0.25, 0.3) is 0 Å². The van der Waals surface area contributed by atoms with Gasteiger partial charge in [0.1, 0.15) is 5.82 Å². The summed E-state index contributed by atoms with van der Waals surface area (Å²) in [5.41, 5.74) is 1.81. The van der Waals surface area contributed by atoms with Gasteiger partial charge in [-0.15, -0.1) is 0 Å². The summed E-state index contributed by atoms with van der Waals surface area (Å²) in [5.74, 6) is -3.54. The van der Waals surface area contributed by atoms with Crippen molar-refractivity contribution in [3.8, 4) is 0 Å². The SMILES string of the molecule is Cc1cc(F)ccc1Cn1cccc1C(=O)/C=C(\O)C(=O)O. The van der Waals surface area contributed by atoms with Gasteiger partial charge < -0.3 is 14.8 Å². The Hall–Kier alpha value is -2.89. The van der Waals surface area contributed by atoms with Crippen LogP contribution in [0.15, 0.2) is 48.4 Å². The standard InChI is InChI=1S/C16H14FNO4/c1-10-7-12(17)5-4-11(10)9-18-6-2-3-13(18)14(19)8-15(20)16(21)22/h2-8,20H,9H2,1H3,(H,21,22)/b15-8-. The predicted octanol–water partition coefficient (Wildman–Crippen LogP) is 2.69. The summed E-state index contributed by atoms with van der Waals surface area (Å²) in [7, 11) is 0. The van der Waals surface area contributed by atoms with E-state index in [0.29, 0.717) is 12.6 Å². The van der Waals surface area contributed by atoms with Gasteiger partial charge in [-0.05, 0) is 42.3 Å². The molecule has 0 unspecified atom stereocenters. The van der Waals surface area contributed by atoms with Crippen molar-refractivity contribution in [2.75, 3.05) is 0 Å². The lowest BCUT2D eigenvalue weighted by Crippen LogP contribution is -2.10. The van der Waals surface area contributed by atoms with Gasteiger partial charge in [-0.3, -0.25) is 4.79 Å². The quantitative estimate of drug-likeness (QED) is 0.505. The van der Waals surface area contributed by atoms with Crippen molar-refractivity contribution in [3.05, 3.63) is 71.0 Å². The maximum Gasteiger partial charge on any atom is 0.371 e. The number of ketones is 1. The van der Waals surface area contributed by atoms with E-state index in [9.17, 15) is 14.0 Å². The monoisotopic (exact) mass is 303 g/mol. The Morgan fingerprint density at radius 3 is 2.64 bits per heavy atom. The number of aliphatic hydroxyl groups is 1. The van der Waals surface area contributed by atoms with E-state index in [1.54, 1.807) is 29.8 Å². The molecule has 6 heteroatoms. The van der Waals surface area contributed by atoms with Crippen LogP contribution in [0.3, 0.4) is 0 Å². The Bertz CT molecular complexity index is 761. The summed E-state index contributed by atoms with van der Waals surface area (Å²) in [6.07, 6.45) is 2.31. The third kappa shape index (κ3) is 3.41. The molecule has 0 saturated carbocycles. The lowest BCUT2D eigenvalue weighted by atomic mass is 10.1. The van der Waals surface area contributed by atoms with E-state index in [2.05, 4.69) is 0 Å². The number of aliphatic carboxylic acids is 1. The minimum atomic E-state index is -1.57. The Kier molecular flexibility index (Phi) is 4.41. The first-order valence-electron chi connectivity index (χ1n) is 6.47. The van der Waals surface area contributed by atoms with Gasteiger partial charge in [-0.1, -0.05) is 6.07 Å². The molecule has 1 aromatic carbocycles. The van der Waals surface area contributed by atoms with Crippen LogP contribution in [-0.2, 0) is 11.3 Å². The van der Waals surface area contributed by atoms with E-state index in [1.807, 2.05) is 0 Å². The number of benzene rings is 1. The molecule has 5 nitrogen and oxygen atoms in total. The fourth-order valence-corrected chi connectivity index (χ4v) is 2.06. The number of aryl methyl sites for hydroxylation is 1. The number of carboxylic acids is 1. The topological polar surface area (TPSA) is 79.5 Å². The second-order valence-corrected chi connectivity index (χ2v) is 4.79. The first-order valence-corrected chi connectivity index (χ1v) is 6.47. The second kappa shape index (κ2) is 6.26. The highest BCUT2D eigenvalue weighted by Gasteiger charge is 2.13. The molecule has 2 rings (SSSR count). The largest absolute Gasteiger partial charge is 0.502 e. The van der Waals surface area contributed by atoms with E-state index < -0.39 is 17.5 Å². The maximum atomic E-state index is 13.1. The number of allylic oxidation sites excluding steroid dienone is 1. The summed E-state index contributed by atoms with van der Waals surface area (Å²) >= 11 is 0. The molecule has 0 amide bonds. The number of halogens is 1. The Morgan fingerprint density at radius 1 is 1.27 bits per heavy atom. The number of hydrogen-bond donors (Lipinski definition) is 2. The van der Waals surface area contributed by atoms with Crippen molar-refractivity contribution >= 4 is 11.8 Å². The lowest BCUT2D eigenvalue weighted by Gasteiger charge is -2.10. The molecule has 1 heterocycles. The summed E-state index contributed by atoms with van der Waals surface area (Å²) in [6.45, 7) is 2.10. The predicted molar refractivity (Wildman–Crippen MR) is 77.3 cm³/mol. The minimum absolute atomic E-state index is 0.233. The fraction of sp³-hybridized carbons (Fsp3) is 0.125. The normalized spacial score (nSPS) is 11.5. The summed E-state index contributed by atoms with van der Waals surface area (Å²) in [4.78, 5) is 22.5. The van der Waals surface area contributed by atoms with E-state index in [1.165, 1.54) is 18.2 Å². The van der Waals surface area contributed by atoms with Gasteiger partial charge in [0.05, 0.1) is 5.69 Å². The van der Waals surface area contributed by atoms with Crippen LogP contribution in [0.2, 0.25) is 0 Å². The molecule has 0 saturated heterocycles. The molecule has 22 heavy (non-hydrogen) atoms. The molecule has 0 aliphatic heterocycles. The number of carboxylic acid groups (broad SMARTS) is 1. The van der Waals surface area contributed by atoms with Crippen LogP contribution in [0.1, 0.15) is 21.6 Å². The third-order valence-electron chi connectivity index (χ3n) is 3.21. The molecule has 1 aromatic heterocycles. The Labute approximate surface area is 125 Å². The molecular weight excluding hydrogens is 289 g/mol. The van der Waals surface area contributed by atoms with Gasteiger partial charge >= 0.3 is 5.97 Å². The minimum Gasteiger partial charge on any atom is -0.502 e. The zero-order valence-corrected chi connectivity index (χ0v) is 11.8. The van der Waals surface area contributed by atoms with Crippen molar-refractivity contribution in [3.63, 3.8) is 0 Å². The molecule has 0 bridgehead atoms. The molecule has 0 fully saturated rings. The van der Waals surface area contributed by atoms with Crippen LogP contribution < -0.4 is 0 Å². The van der Waals surface area contributed by atoms with Crippen molar-refractivity contribution in [1.29, 1.82) is 0 Å². The van der Waals surface area contributed by atoms with Crippen molar-refractivity contribution in [2.45, 2.75) is 13.5 Å². The molecule has 114 valence electrons. The van der Waals surface area contributed by atoms with Crippen molar-refractivity contribution in [2.24, 2.45) is 0 Å². The highest BCUT2D eigenvalue weighted by molar-refractivity contribution is 6.06. The molecule has 0 spiro atoms. The lowest BCUT2D eigenvalue weighted by molar-refractivity contribution is -0.135. The highest BCUT2D eigenvalue weighted by Crippen LogP contribution is 2.14. The highest BCUT2D eigenvalue weighted by atomic mass is 19.1. The molecule has 0 aliphatic carbocycles. The molecule has 0 radical (unpaired) electrons. The average molecular weight is 303 g/mol. The van der Waals surface area contributed by atoms with Crippen LogP contribution in [0.4, 0.5) is 4.39 Å². The van der Waals surface area contributed by atoms with Crippen LogP contribution in [0.5, 0.6) is 0 Å². The number of carbonyl (C=O) groups excluding carboxylic acids is 1. The van der Waals surface area contributed by atoms with E-state index >= 15 is 0 Å². The Morgan fingerprint density at radius 2 is 2.00 bits per heavy atom. The number of aliphatic hydroxyl groups excluding tert-OH is 1. The number of carbonyl (C=O) groups is 2. The van der Waals surface area contributed by atoms with Gasteiger partial charge in [0, 0.05) is 18.8 Å². The first-order chi connectivity index (χ1) is 10.4. The summed E-state index contributed by atoms with van der Waals surface area (Å²) in [6, 6.07) is 7.52. The van der Waals surface area contributed by atoms with Gasteiger partial charge in [0.15, 0.2) is 0 Å². The number of nitrogens with zero attached hydrogens (tertiary/aromatic N) is 1. The average Bonchev–Trinajstić information content (AvgIpc) is 2.90. The smallest absolute Gasteiger partial charge is 0.371 e. The summed E-state index contributed by atoms with van der Waals surface area (Å²) in [5, 5.41) is 17.7. The van der Waals surface area contributed by atoms with Crippen LogP contribution in [0.25, 0.3) is 0 Å². The first kappa shape index (κ1) is 15.5. The summed E-state index contributed by atoms with van der Waals surface area (Å²) < 4.78 is 14.7. The Balaban J connectivity index is 2.28. The number of hydrogen-bond acceptors (Lipinski definition) is 3. The van der Waals surface area contributed by atoms with E-state index in [4.69, 9.17) is 10.2 Å². The molecule has 0 aliphatic rings. The van der Waals surface area contributed by atoms with E-state index in [-0.39, 0.29) is 11.5 Å².